The van der Waals surface area contributed by atoms with E-state index in [1.807, 2.05) is 11.8 Å². The van der Waals surface area contributed by atoms with Gasteiger partial charge in [-0.15, -0.1) is 0 Å². The van der Waals surface area contributed by atoms with Gasteiger partial charge in [-0.25, -0.2) is 0 Å². The smallest absolute Gasteiger partial charge is 0.237 e. The molecule has 0 bridgehead atoms. The van der Waals surface area contributed by atoms with Crippen LogP contribution in [0.3, 0.4) is 0 Å². The number of methoxy groups -OCH3 is 1. The maximum Gasteiger partial charge on any atom is 0.237 e. The van der Waals surface area contributed by atoms with Crippen molar-refractivity contribution in [1.29, 1.82) is 0 Å². The number of piperazine rings is 1. The lowest BCUT2D eigenvalue weighted by atomic mass is 10.1. The summed E-state index contributed by atoms with van der Waals surface area (Å²) in [5.41, 5.74) is 0.614. The highest BCUT2D eigenvalue weighted by Gasteiger charge is 2.29. The van der Waals surface area contributed by atoms with Crippen LogP contribution in [0.4, 0.5) is 0 Å². The van der Waals surface area contributed by atoms with Gasteiger partial charge in [0.2, 0.25) is 5.91 Å². The first-order valence-electron chi connectivity index (χ1n) is 6.95. The maximum atomic E-state index is 12.4. The Labute approximate surface area is 132 Å². The molecule has 1 N–H and O–H groups in total. The van der Waals surface area contributed by atoms with E-state index in [2.05, 4.69) is 21.2 Å². The monoisotopic (exact) mass is 354 g/mol. The summed E-state index contributed by atoms with van der Waals surface area (Å²) >= 11 is 3.38. The summed E-state index contributed by atoms with van der Waals surface area (Å²) < 4.78 is 5.91. The van der Waals surface area contributed by atoms with Gasteiger partial charge in [-0.05, 0) is 40.5 Å². The van der Waals surface area contributed by atoms with Crippen molar-refractivity contribution in [3.8, 4) is 5.75 Å². The van der Waals surface area contributed by atoms with Gasteiger partial charge < -0.3 is 10.1 Å². The number of hydrogen-bond donors (Lipinski definition) is 1. The quantitative estimate of drug-likeness (QED) is 0.819. The number of benzene rings is 1. The van der Waals surface area contributed by atoms with Crippen molar-refractivity contribution >= 4 is 27.6 Å². The summed E-state index contributed by atoms with van der Waals surface area (Å²) in [6.07, 6.45) is 0.700. The van der Waals surface area contributed by atoms with Gasteiger partial charge in [-0.3, -0.25) is 14.5 Å². The molecule has 114 valence electrons. The van der Waals surface area contributed by atoms with Crippen LogP contribution in [0.25, 0.3) is 0 Å². The van der Waals surface area contributed by atoms with Crippen LogP contribution in [0.5, 0.6) is 5.75 Å². The van der Waals surface area contributed by atoms with Crippen LogP contribution in [0.1, 0.15) is 23.7 Å². The minimum atomic E-state index is -0.218. The van der Waals surface area contributed by atoms with Crippen LogP contribution < -0.4 is 10.1 Å². The largest absolute Gasteiger partial charge is 0.496 e. The Morgan fingerprint density at radius 1 is 1.52 bits per heavy atom. The molecule has 0 aromatic heterocycles. The molecule has 1 fully saturated rings. The predicted molar refractivity (Wildman–Crippen MR) is 83.7 cm³/mol. The van der Waals surface area contributed by atoms with E-state index in [4.69, 9.17) is 4.74 Å². The van der Waals surface area contributed by atoms with E-state index in [0.717, 1.165) is 4.47 Å². The van der Waals surface area contributed by atoms with Gasteiger partial charge in [0, 0.05) is 18.7 Å². The molecule has 0 radical (unpaired) electrons. The van der Waals surface area contributed by atoms with Gasteiger partial charge in [-0.1, -0.05) is 6.92 Å². The summed E-state index contributed by atoms with van der Waals surface area (Å²) in [5, 5.41) is 2.83. The first-order valence-corrected chi connectivity index (χ1v) is 7.74. The third-order valence-corrected chi connectivity index (χ3v) is 4.27. The lowest BCUT2D eigenvalue weighted by molar-refractivity contribution is -0.128. The highest BCUT2D eigenvalue weighted by molar-refractivity contribution is 9.10. The number of halogens is 1. The molecule has 1 aliphatic rings. The fourth-order valence-electron chi connectivity index (χ4n) is 2.51. The number of carbonyl (C=O) groups is 2. The molecule has 0 aliphatic carbocycles. The molecule has 1 aromatic rings. The van der Waals surface area contributed by atoms with Crippen molar-refractivity contribution < 1.29 is 14.3 Å². The minimum Gasteiger partial charge on any atom is -0.496 e. The molecule has 2 rings (SSSR count). The number of carbonyl (C=O) groups excluding carboxylic acids is 2. The highest BCUT2D eigenvalue weighted by atomic mass is 79.9. The van der Waals surface area contributed by atoms with Crippen LogP contribution in [0, 0.1) is 0 Å². The fraction of sp³-hybridized carbons (Fsp3) is 0.467. The number of nitrogens with zero attached hydrogens (tertiary/aromatic N) is 1. The SMILES string of the molecule is CCC1C(=O)NCCN1CC(=O)c1ccc(OC)c(Br)c1. The summed E-state index contributed by atoms with van der Waals surface area (Å²) in [6, 6.07) is 5.05. The second kappa shape index (κ2) is 7.04. The lowest BCUT2D eigenvalue weighted by Gasteiger charge is -2.33. The normalized spacial score (nSPS) is 19.2. The number of hydrogen-bond acceptors (Lipinski definition) is 4. The Morgan fingerprint density at radius 2 is 2.29 bits per heavy atom. The number of nitrogens with one attached hydrogen (secondary N) is 1. The van der Waals surface area contributed by atoms with Crippen LogP contribution in [-0.2, 0) is 4.79 Å². The molecule has 0 saturated carbocycles. The second-order valence-corrected chi connectivity index (χ2v) is 5.81. The molecule has 1 amide bonds. The Bertz CT molecular complexity index is 548. The molecule has 1 unspecified atom stereocenters. The molecular formula is C15H19BrN2O3. The first kappa shape index (κ1) is 16.0. The van der Waals surface area contributed by atoms with E-state index in [1.165, 1.54) is 0 Å². The van der Waals surface area contributed by atoms with Gasteiger partial charge in [-0.2, -0.15) is 0 Å². The van der Waals surface area contributed by atoms with Crippen molar-refractivity contribution in [3.05, 3.63) is 28.2 Å². The molecule has 1 aromatic carbocycles. The van der Waals surface area contributed by atoms with Crippen molar-refractivity contribution in [2.75, 3.05) is 26.7 Å². The van der Waals surface area contributed by atoms with Crippen LogP contribution in [-0.4, -0.2) is 49.4 Å². The maximum absolute atomic E-state index is 12.4. The van der Waals surface area contributed by atoms with Gasteiger partial charge in [0.05, 0.1) is 24.2 Å². The van der Waals surface area contributed by atoms with E-state index < -0.39 is 0 Å². The third kappa shape index (κ3) is 3.63. The van der Waals surface area contributed by atoms with Gasteiger partial charge in [0.15, 0.2) is 5.78 Å². The molecule has 0 spiro atoms. The van der Waals surface area contributed by atoms with Crippen molar-refractivity contribution in [2.45, 2.75) is 19.4 Å². The molecule has 1 atom stereocenters. The first-order chi connectivity index (χ1) is 10.1. The highest BCUT2D eigenvalue weighted by Crippen LogP contribution is 2.26. The Kier molecular flexibility index (Phi) is 5.36. The zero-order valence-corrected chi connectivity index (χ0v) is 13.8. The van der Waals surface area contributed by atoms with Crippen molar-refractivity contribution in [1.82, 2.24) is 10.2 Å². The minimum absolute atomic E-state index is 0.00602. The average Bonchev–Trinajstić information content (AvgIpc) is 2.47. The number of ketones is 1. The molecule has 1 aliphatic heterocycles. The zero-order chi connectivity index (χ0) is 15.4. The molecule has 5 nitrogen and oxygen atoms in total. The zero-order valence-electron chi connectivity index (χ0n) is 12.2. The second-order valence-electron chi connectivity index (χ2n) is 4.96. The van der Waals surface area contributed by atoms with E-state index in [0.29, 0.717) is 30.8 Å². The van der Waals surface area contributed by atoms with Crippen LogP contribution >= 0.6 is 15.9 Å². The van der Waals surface area contributed by atoms with Gasteiger partial charge >= 0.3 is 0 Å². The fourth-order valence-corrected chi connectivity index (χ4v) is 3.05. The van der Waals surface area contributed by atoms with E-state index in [1.54, 1.807) is 25.3 Å². The molecule has 21 heavy (non-hydrogen) atoms. The topological polar surface area (TPSA) is 58.6 Å². The standard InChI is InChI=1S/C15H19BrN2O3/c1-3-12-15(20)17-6-7-18(12)9-13(19)10-4-5-14(21-2)11(16)8-10/h4-5,8,12H,3,6-7,9H2,1-2H3,(H,17,20). The number of Topliss-reactive ketones (excluding diaryl/α,β-unsaturated/α-hetero) is 1. The number of amides is 1. The van der Waals surface area contributed by atoms with Crippen molar-refractivity contribution in [2.24, 2.45) is 0 Å². The molecule has 1 saturated heterocycles. The van der Waals surface area contributed by atoms with Gasteiger partial charge in [0.1, 0.15) is 5.75 Å². The van der Waals surface area contributed by atoms with E-state index >= 15 is 0 Å². The summed E-state index contributed by atoms with van der Waals surface area (Å²) in [7, 11) is 1.58. The van der Waals surface area contributed by atoms with Gasteiger partial charge in [0.25, 0.3) is 0 Å². The Hall–Kier alpha value is -1.40. The summed E-state index contributed by atoms with van der Waals surface area (Å²) in [5.74, 6) is 0.703. The molecular weight excluding hydrogens is 336 g/mol. The number of ether oxygens (including phenoxy) is 1. The average molecular weight is 355 g/mol. The van der Waals surface area contributed by atoms with Crippen molar-refractivity contribution in [3.63, 3.8) is 0 Å². The molecule has 1 heterocycles. The third-order valence-electron chi connectivity index (χ3n) is 3.65. The summed E-state index contributed by atoms with van der Waals surface area (Å²) in [4.78, 5) is 26.1. The van der Waals surface area contributed by atoms with Crippen LogP contribution in [0.2, 0.25) is 0 Å². The Balaban J connectivity index is 2.10. The predicted octanol–water partition coefficient (Wildman–Crippen LogP) is 1.85. The lowest BCUT2D eigenvalue weighted by Crippen LogP contribution is -2.56. The van der Waals surface area contributed by atoms with E-state index in [-0.39, 0.29) is 24.3 Å². The summed E-state index contributed by atoms with van der Waals surface area (Å²) in [6.45, 7) is 3.50. The number of rotatable bonds is 5. The Morgan fingerprint density at radius 3 is 2.90 bits per heavy atom. The van der Waals surface area contributed by atoms with Crippen LogP contribution in [0.15, 0.2) is 22.7 Å². The molecule has 6 heteroatoms. The van der Waals surface area contributed by atoms with E-state index in [9.17, 15) is 9.59 Å².